The number of likely N-dealkylation sites (tertiary alicyclic amines) is 1. The van der Waals surface area contributed by atoms with Gasteiger partial charge in [0, 0.05) is 25.8 Å². The summed E-state index contributed by atoms with van der Waals surface area (Å²) in [5.41, 5.74) is 2.78. The van der Waals surface area contributed by atoms with Gasteiger partial charge >= 0.3 is 0 Å². The molecular weight excluding hydrogens is 290 g/mol. The molecule has 1 saturated heterocycles. The SMILES string of the molecule is Cc1noc2ncc(CN3CCC(OC4CCCC4)CC3)cc12. The van der Waals surface area contributed by atoms with Gasteiger partial charge < -0.3 is 9.26 Å². The molecule has 23 heavy (non-hydrogen) atoms. The molecule has 0 radical (unpaired) electrons. The first kappa shape index (κ1) is 15.1. The Morgan fingerprint density at radius 3 is 2.70 bits per heavy atom. The van der Waals surface area contributed by atoms with Gasteiger partial charge in [0.15, 0.2) is 0 Å². The van der Waals surface area contributed by atoms with Crippen LogP contribution in [0.3, 0.4) is 0 Å². The third-order valence-corrected chi connectivity index (χ3v) is 5.19. The molecule has 2 fully saturated rings. The van der Waals surface area contributed by atoms with E-state index in [1.54, 1.807) is 0 Å². The molecule has 1 aliphatic heterocycles. The van der Waals surface area contributed by atoms with E-state index in [2.05, 4.69) is 21.1 Å². The van der Waals surface area contributed by atoms with Crippen molar-refractivity contribution in [1.29, 1.82) is 0 Å². The van der Waals surface area contributed by atoms with Gasteiger partial charge in [-0.1, -0.05) is 18.0 Å². The molecular formula is C18H25N3O2. The maximum atomic E-state index is 6.25. The van der Waals surface area contributed by atoms with Crippen molar-refractivity contribution in [3.63, 3.8) is 0 Å². The lowest BCUT2D eigenvalue weighted by atomic mass is 10.1. The largest absolute Gasteiger partial charge is 0.375 e. The van der Waals surface area contributed by atoms with Gasteiger partial charge in [-0.25, -0.2) is 4.98 Å². The van der Waals surface area contributed by atoms with E-state index < -0.39 is 0 Å². The second-order valence-electron chi connectivity index (χ2n) is 6.98. The number of rotatable bonds is 4. The maximum Gasteiger partial charge on any atom is 0.257 e. The van der Waals surface area contributed by atoms with E-state index in [1.807, 2.05) is 13.1 Å². The van der Waals surface area contributed by atoms with Gasteiger partial charge in [0.25, 0.3) is 5.71 Å². The van der Waals surface area contributed by atoms with Crippen LogP contribution in [0.25, 0.3) is 11.1 Å². The van der Waals surface area contributed by atoms with Crippen molar-refractivity contribution in [3.05, 3.63) is 23.5 Å². The average Bonchev–Trinajstić information content (AvgIpc) is 3.20. The second-order valence-corrected chi connectivity index (χ2v) is 6.98. The zero-order valence-corrected chi connectivity index (χ0v) is 13.8. The van der Waals surface area contributed by atoms with Crippen molar-refractivity contribution in [3.8, 4) is 0 Å². The molecule has 0 atom stereocenters. The predicted molar refractivity (Wildman–Crippen MR) is 88.2 cm³/mol. The molecule has 1 aliphatic carbocycles. The third kappa shape index (κ3) is 3.40. The van der Waals surface area contributed by atoms with Crippen LogP contribution >= 0.6 is 0 Å². The molecule has 4 rings (SSSR count). The highest BCUT2D eigenvalue weighted by atomic mass is 16.5. The summed E-state index contributed by atoms with van der Waals surface area (Å²) in [7, 11) is 0. The molecule has 0 spiro atoms. The summed E-state index contributed by atoms with van der Waals surface area (Å²) in [6.07, 6.45) is 10.5. The van der Waals surface area contributed by atoms with Crippen LogP contribution in [0, 0.1) is 6.92 Å². The fourth-order valence-electron chi connectivity index (χ4n) is 3.83. The molecule has 5 heteroatoms. The summed E-state index contributed by atoms with van der Waals surface area (Å²) in [6.45, 7) is 5.13. The lowest BCUT2D eigenvalue weighted by Gasteiger charge is -2.33. The van der Waals surface area contributed by atoms with Gasteiger partial charge in [0.2, 0.25) is 0 Å². The predicted octanol–water partition coefficient (Wildman–Crippen LogP) is 3.45. The highest BCUT2D eigenvalue weighted by Gasteiger charge is 2.24. The van der Waals surface area contributed by atoms with Crippen LogP contribution in [0.4, 0.5) is 0 Å². The Morgan fingerprint density at radius 2 is 1.91 bits per heavy atom. The van der Waals surface area contributed by atoms with Gasteiger partial charge in [0.05, 0.1) is 23.3 Å². The maximum absolute atomic E-state index is 6.25. The van der Waals surface area contributed by atoms with Crippen LogP contribution in [-0.4, -0.2) is 40.3 Å². The number of hydrogen-bond donors (Lipinski definition) is 0. The Kier molecular flexibility index (Phi) is 4.31. The van der Waals surface area contributed by atoms with Crippen LogP contribution in [0.5, 0.6) is 0 Å². The molecule has 124 valence electrons. The molecule has 2 aromatic heterocycles. The molecule has 0 unspecified atom stereocenters. The molecule has 2 aliphatic rings. The average molecular weight is 315 g/mol. The first-order valence-corrected chi connectivity index (χ1v) is 8.86. The number of hydrogen-bond acceptors (Lipinski definition) is 5. The van der Waals surface area contributed by atoms with Gasteiger partial charge in [-0.15, -0.1) is 0 Å². The van der Waals surface area contributed by atoms with Crippen molar-refractivity contribution in [2.24, 2.45) is 0 Å². The molecule has 0 bridgehead atoms. The van der Waals surface area contributed by atoms with Crippen LogP contribution in [-0.2, 0) is 11.3 Å². The van der Waals surface area contributed by atoms with Crippen molar-refractivity contribution in [1.82, 2.24) is 15.0 Å². The lowest BCUT2D eigenvalue weighted by Crippen LogP contribution is -2.37. The van der Waals surface area contributed by atoms with E-state index in [0.717, 1.165) is 43.6 Å². The molecule has 3 heterocycles. The van der Waals surface area contributed by atoms with Gasteiger partial charge in [-0.3, -0.25) is 4.90 Å². The summed E-state index contributed by atoms with van der Waals surface area (Å²) in [5, 5.41) is 5.00. The summed E-state index contributed by atoms with van der Waals surface area (Å²) in [5.74, 6) is 0. The smallest absolute Gasteiger partial charge is 0.257 e. The molecule has 2 aromatic rings. The normalized spacial score (nSPS) is 21.4. The Balaban J connectivity index is 1.32. The monoisotopic (exact) mass is 315 g/mol. The molecule has 5 nitrogen and oxygen atoms in total. The number of pyridine rings is 1. The minimum absolute atomic E-state index is 0.468. The van der Waals surface area contributed by atoms with Gasteiger partial charge in [-0.2, -0.15) is 0 Å². The van der Waals surface area contributed by atoms with E-state index >= 15 is 0 Å². The topological polar surface area (TPSA) is 51.4 Å². The highest BCUT2D eigenvalue weighted by Crippen LogP contribution is 2.26. The van der Waals surface area contributed by atoms with Crippen LogP contribution in [0.1, 0.15) is 49.8 Å². The number of fused-ring (bicyclic) bond motifs is 1. The van der Waals surface area contributed by atoms with E-state index in [4.69, 9.17) is 9.26 Å². The molecule has 0 N–H and O–H groups in total. The van der Waals surface area contributed by atoms with E-state index in [0.29, 0.717) is 17.9 Å². The standard InChI is InChI=1S/C18H25N3O2/c1-13-17-10-14(11-19-18(17)23-20-13)12-21-8-6-16(7-9-21)22-15-4-2-3-5-15/h10-11,15-16H,2-9,12H2,1H3. The first-order chi connectivity index (χ1) is 11.3. The summed E-state index contributed by atoms with van der Waals surface area (Å²) in [6, 6.07) is 2.16. The zero-order valence-electron chi connectivity index (χ0n) is 13.8. The van der Waals surface area contributed by atoms with Crippen molar-refractivity contribution in [2.45, 2.75) is 64.2 Å². The van der Waals surface area contributed by atoms with Crippen LogP contribution in [0.2, 0.25) is 0 Å². The quantitative estimate of drug-likeness (QED) is 0.865. The van der Waals surface area contributed by atoms with E-state index in [1.165, 1.54) is 31.2 Å². The van der Waals surface area contributed by atoms with Crippen molar-refractivity contribution >= 4 is 11.1 Å². The van der Waals surface area contributed by atoms with Gasteiger partial charge in [-0.05, 0) is 44.2 Å². The van der Waals surface area contributed by atoms with Crippen LogP contribution in [0.15, 0.2) is 16.8 Å². The Morgan fingerprint density at radius 1 is 1.17 bits per heavy atom. The summed E-state index contributed by atoms with van der Waals surface area (Å²) < 4.78 is 11.4. The molecule has 1 saturated carbocycles. The van der Waals surface area contributed by atoms with Gasteiger partial charge in [0.1, 0.15) is 0 Å². The number of nitrogens with zero attached hydrogens (tertiary/aromatic N) is 3. The number of piperidine rings is 1. The van der Waals surface area contributed by atoms with E-state index in [-0.39, 0.29) is 0 Å². The number of ether oxygens (including phenoxy) is 1. The third-order valence-electron chi connectivity index (χ3n) is 5.19. The lowest BCUT2D eigenvalue weighted by molar-refractivity contribution is -0.0399. The van der Waals surface area contributed by atoms with Crippen LogP contribution < -0.4 is 0 Å². The highest BCUT2D eigenvalue weighted by molar-refractivity contribution is 5.75. The van der Waals surface area contributed by atoms with E-state index in [9.17, 15) is 0 Å². The van der Waals surface area contributed by atoms with Crippen molar-refractivity contribution < 1.29 is 9.26 Å². The number of aromatic nitrogens is 2. The zero-order chi connectivity index (χ0) is 15.6. The minimum Gasteiger partial charge on any atom is -0.375 e. The minimum atomic E-state index is 0.468. The van der Waals surface area contributed by atoms with Crippen molar-refractivity contribution in [2.75, 3.05) is 13.1 Å². The Hall–Kier alpha value is -1.46. The Labute approximate surface area is 137 Å². The Bertz CT molecular complexity index is 655. The fourth-order valence-corrected chi connectivity index (χ4v) is 3.83. The number of aryl methyl sites for hydroxylation is 1. The second kappa shape index (κ2) is 6.57. The summed E-state index contributed by atoms with van der Waals surface area (Å²) in [4.78, 5) is 6.87. The summed E-state index contributed by atoms with van der Waals surface area (Å²) >= 11 is 0. The first-order valence-electron chi connectivity index (χ1n) is 8.86. The molecule has 0 aromatic carbocycles. The fraction of sp³-hybridized carbons (Fsp3) is 0.667. The molecule has 0 amide bonds.